The molecular weight excluding hydrogens is 344 g/mol. The van der Waals surface area contributed by atoms with Crippen LogP contribution in [-0.2, 0) is 14.3 Å². The summed E-state index contributed by atoms with van der Waals surface area (Å²) in [5.74, 6) is 0.0117. The number of nitrogens with zero attached hydrogens (tertiary/aromatic N) is 2. The third-order valence-electron chi connectivity index (χ3n) is 4.36. The Bertz CT molecular complexity index is 764. The maximum Gasteiger partial charge on any atom is 0.508 e. The van der Waals surface area contributed by atoms with Crippen molar-refractivity contribution in [1.82, 2.24) is 4.90 Å². The zero-order valence-corrected chi connectivity index (χ0v) is 15.2. The maximum atomic E-state index is 12.3. The minimum absolute atomic E-state index is 0.0117. The molecule has 0 aromatic heterocycles. The Balaban J connectivity index is 1.99. The van der Waals surface area contributed by atoms with Crippen molar-refractivity contribution in [2.45, 2.75) is 19.0 Å². The fraction of sp³-hybridized carbons (Fsp3) is 0.286. The van der Waals surface area contributed by atoms with Crippen molar-refractivity contribution in [2.75, 3.05) is 20.3 Å². The lowest BCUT2D eigenvalue weighted by molar-refractivity contribution is -0.130. The van der Waals surface area contributed by atoms with E-state index in [0.717, 1.165) is 23.3 Å². The second-order valence-corrected chi connectivity index (χ2v) is 6.15. The third-order valence-corrected chi connectivity index (χ3v) is 4.36. The Kier molecular flexibility index (Phi) is 6.20. The fourth-order valence-corrected chi connectivity index (χ4v) is 3.04. The molecule has 0 spiro atoms. The molecule has 3 rings (SSSR count). The molecule has 27 heavy (non-hydrogen) atoms. The summed E-state index contributed by atoms with van der Waals surface area (Å²) in [6.07, 6.45) is -0.136. The van der Waals surface area contributed by atoms with Crippen LogP contribution in [0.2, 0.25) is 0 Å². The normalized spacial score (nSPS) is 14.6. The standard InChI is InChI=1S/C21H22N2O4/c1-26-21(25)27-15-18(23-14-8-13-19(23)24)22-20(16-9-4-2-5-10-16)17-11-6-3-7-12-17/h2-7,9-12,18H,8,13-15H2,1H3. The summed E-state index contributed by atoms with van der Waals surface area (Å²) in [6, 6.07) is 19.5. The molecule has 1 fully saturated rings. The van der Waals surface area contributed by atoms with Gasteiger partial charge in [-0.2, -0.15) is 0 Å². The van der Waals surface area contributed by atoms with E-state index >= 15 is 0 Å². The predicted molar refractivity (Wildman–Crippen MR) is 102 cm³/mol. The number of hydrogen-bond acceptors (Lipinski definition) is 5. The summed E-state index contributed by atoms with van der Waals surface area (Å²) in [7, 11) is 1.25. The average Bonchev–Trinajstić information content (AvgIpc) is 3.15. The van der Waals surface area contributed by atoms with Crippen LogP contribution >= 0.6 is 0 Å². The molecule has 0 N–H and O–H groups in total. The van der Waals surface area contributed by atoms with E-state index in [1.165, 1.54) is 7.11 Å². The third kappa shape index (κ3) is 4.73. The number of rotatable bonds is 6. The first kappa shape index (κ1) is 18.6. The van der Waals surface area contributed by atoms with Crippen molar-refractivity contribution in [2.24, 2.45) is 4.99 Å². The highest BCUT2D eigenvalue weighted by molar-refractivity contribution is 6.13. The van der Waals surface area contributed by atoms with E-state index < -0.39 is 12.3 Å². The molecule has 1 amide bonds. The molecule has 2 aromatic rings. The lowest BCUT2D eigenvalue weighted by Crippen LogP contribution is -2.39. The van der Waals surface area contributed by atoms with E-state index in [0.29, 0.717) is 13.0 Å². The summed E-state index contributed by atoms with van der Waals surface area (Å²) in [5, 5.41) is 0. The lowest BCUT2D eigenvalue weighted by Gasteiger charge is -2.25. The Labute approximate surface area is 158 Å². The highest BCUT2D eigenvalue weighted by Gasteiger charge is 2.29. The molecule has 6 nitrogen and oxygen atoms in total. The van der Waals surface area contributed by atoms with Gasteiger partial charge in [-0.3, -0.25) is 9.79 Å². The van der Waals surface area contributed by atoms with Gasteiger partial charge in [0.05, 0.1) is 12.8 Å². The molecule has 1 unspecified atom stereocenters. The van der Waals surface area contributed by atoms with E-state index in [9.17, 15) is 9.59 Å². The second kappa shape index (κ2) is 8.98. The molecule has 0 bridgehead atoms. The van der Waals surface area contributed by atoms with Gasteiger partial charge in [0.15, 0.2) is 6.17 Å². The topological polar surface area (TPSA) is 68.2 Å². The molecule has 1 atom stereocenters. The van der Waals surface area contributed by atoms with Crippen molar-refractivity contribution in [1.29, 1.82) is 0 Å². The maximum absolute atomic E-state index is 12.3. The van der Waals surface area contributed by atoms with Gasteiger partial charge in [-0.05, 0) is 6.42 Å². The highest BCUT2D eigenvalue weighted by atomic mass is 16.7. The average molecular weight is 366 g/mol. The molecule has 1 aliphatic rings. The van der Waals surface area contributed by atoms with Crippen molar-refractivity contribution >= 4 is 17.8 Å². The van der Waals surface area contributed by atoms with Crippen molar-refractivity contribution < 1.29 is 19.1 Å². The van der Waals surface area contributed by atoms with Gasteiger partial charge in [0.25, 0.3) is 0 Å². The molecular formula is C21H22N2O4. The van der Waals surface area contributed by atoms with Gasteiger partial charge in [-0.15, -0.1) is 0 Å². The van der Waals surface area contributed by atoms with Crippen LogP contribution in [0.1, 0.15) is 24.0 Å². The Hall–Kier alpha value is -3.15. The van der Waals surface area contributed by atoms with Crippen LogP contribution in [0.15, 0.2) is 65.7 Å². The molecule has 140 valence electrons. The van der Waals surface area contributed by atoms with Gasteiger partial charge in [0, 0.05) is 24.1 Å². The molecule has 1 aliphatic heterocycles. The van der Waals surface area contributed by atoms with Crippen molar-refractivity contribution in [3.05, 3.63) is 71.8 Å². The molecule has 1 saturated heterocycles. The quantitative estimate of drug-likeness (QED) is 0.581. The van der Waals surface area contributed by atoms with Crippen LogP contribution in [0.4, 0.5) is 4.79 Å². The summed E-state index contributed by atoms with van der Waals surface area (Å²) >= 11 is 0. The number of likely N-dealkylation sites (tertiary alicyclic amines) is 1. The lowest BCUT2D eigenvalue weighted by atomic mass is 10.0. The van der Waals surface area contributed by atoms with Crippen LogP contribution < -0.4 is 0 Å². The number of amides is 1. The minimum atomic E-state index is -0.789. The number of benzene rings is 2. The minimum Gasteiger partial charge on any atom is -0.438 e. The number of methoxy groups -OCH3 is 1. The molecule has 2 aromatic carbocycles. The number of hydrogen-bond donors (Lipinski definition) is 0. The van der Waals surface area contributed by atoms with Crippen LogP contribution in [0.3, 0.4) is 0 Å². The van der Waals surface area contributed by atoms with Crippen molar-refractivity contribution in [3.8, 4) is 0 Å². The Morgan fingerprint density at radius 2 is 1.67 bits per heavy atom. The van der Waals surface area contributed by atoms with E-state index in [-0.39, 0.29) is 12.5 Å². The van der Waals surface area contributed by atoms with Crippen molar-refractivity contribution in [3.63, 3.8) is 0 Å². The van der Waals surface area contributed by atoms with E-state index in [4.69, 9.17) is 9.73 Å². The fourth-order valence-electron chi connectivity index (χ4n) is 3.04. The molecule has 6 heteroatoms. The molecule has 1 heterocycles. The van der Waals surface area contributed by atoms with Gasteiger partial charge in [-0.1, -0.05) is 60.7 Å². The predicted octanol–water partition coefficient (Wildman–Crippen LogP) is 3.26. The largest absolute Gasteiger partial charge is 0.508 e. The summed E-state index contributed by atoms with van der Waals surface area (Å²) in [5.41, 5.74) is 2.60. The van der Waals surface area contributed by atoms with E-state index in [2.05, 4.69) is 4.74 Å². The molecule has 0 aliphatic carbocycles. The Morgan fingerprint density at radius 3 is 2.15 bits per heavy atom. The monoisotopic (exact) mass is 366 g/mol. The van der Waals surface area contributed by atoms with Gasteiger partial charge >= 0.3 is 6.16 Å². The first-order chi connectivity index (χ1) is 13.2. The summed E-state index contributed by atoms with van der Waals surface area (Å²) < 4.78 is 9.68. The zero-order chi connectivity index (χ0) is 19.1. The number of carbonyl (C=O) groups excluding carboxylic acids is 2. The highest BCUT2D eigenvalue weighted by Crippen LogP contribution is 2.19. The Morgan fingerprint density at radius 1 is 1.07 bits per heavy atom. The van der Waals surface area contributed by atoms with Gasteiger partial charge in [-0.25, -0.2) is 4.79 Å². The first-order valence-electron chi connectivity index (χ1n) is 8.88. The summed E-state index contributed by atoms with van der Waals surface area (Å²) in [6.45, 7) is 0.538. The second-order valence-electron chi connectivity index (χ2n) is 6.15. The number of ether oxygens (including phenoxy) is 2. The van der Waals surface area contributed by atoms with Gasteiger partial charge < -0.3 is 14.4 Å². The van der Waals surface area contributed by atoms with Gasteiger partial charge in [0.1, 0.15) is 6.61 Å². The molecule has 0 radical (unpaired) electrons. The molecule has 0 saturated carbocycles. The van der Waals surface area contributed by atoms with E-state index in [1.807, 2.05) is 60.7 Å². The van der Waals surface area contributed by atoms with Gasteiger partial charge in [0.2, 0.25) is 5.91 Å². The van der Waals surface area contributed by atoms with Crippen LogP contribution in [-0.4, -0.2) is 49.1 Å². The SMILES string of the molecule is COC(=O)OCC(N=C(c1ccccc1)c1ccccc1)N1CCCC1=O. The van der Waals surface area contributed by atoms with Crippen LogP contribution in [0, 0.1) is 0 Å². The number of carbonyl (C=O) groups is 2. The van der Waals surface area contributed by atoms with Crippen LogP contribution in [0.5, 0.6) is 0 Å². The van der Waals surface area contributed by atoms with E-state index in [1.54, 1.807) is 4.90 Å². The first-order valence-corrected chi connectivity index (χ1v) is 8.88. The summed E-state index contributed by atoms with van der Waals surface area (Å²) in [4.78, 5) is 30.2. The van der Waals surface area contributed by atoms with Crippen LogP contribution in [0.25, 0.3) is 0 Å². The smallest absolute Gasteiger partial charge is 0.438 e. The zero-order valence-electron chi connectivity index (χ0n) is 15.2. The number of aliphatic imine (C=N–C) groups is 1.